The first kappa shape index (κ1) is 23.5. The largest absolute Gasteiger partial charge is 0.493 e. The molecule has 0 saturated carbocycles. The maximum Gasteiger partial charge on any atom is 0.315 e. The first-order valence-corrected chi connectivity index (χ1v) is 9.87. The predicted molar refractivity (Wildman–Crippen MR) is 117 cm³/mol. The highest BCUT2D eigenvalue weighted by Crippen LogP contribution is 2.27. The molecule has 0 aliphatic heterocycles. The Morgan fingerprint density at radius 3 is 2.16 bits per heavy atom. The van der Waals surface area contributed by atoms with Gasteiger partial charge < -0.3 is 30.7 Å². The molecule has 9 heteroatoms. The van der Waals surface area contributed by atoms with Gasteiger partial charge in [0.25, 0.3) is 5.91 Å². The quantitative estimate of drug-likeness (QED) is 0.433. The second kappa shape index (κ2) is 12.1. The summed E-state index contributed by atoms with van der Waals surface area (Å²) in [6.45, 7) is 2.63. The van der Waals surface area contributed by atoms with Gasteiger partial charge in [-0.2, -0.15) is 0 Å². The molecule has 2 aromatic rings. The zero-order valence-electron chi connectivity index (χ0n) is 17.9. The topological polar surface area (TPSA) is 118 Å². The number of anilines is 1. The molecule has 0 aliphatic carbocycles. The van der Waals surface area contributed by atoms with Crippen LogP contribution in [0.5, 0.6) is 11.5 Å². The molecule has 166 valence electrons. The lowest BCUT2D eigenvalue weighted by Crippen LogP contribution is -2.40. The summed E-state index contributed by atoms with van der Waals surface area (Å²) >= 11 is 0. The Labute approximate surface area is 181 Å². The molecule has 2 rings (SSSR count). The number of hydrogen-bond acceptors (Lipinski definition) is 5. The number of rotatable bonds is 10. The number of methoxy groups -OCH3 is 2. The molecule has 0 radical (unpaired) electrons. The van der Waals surface area contributed by atoms with Crippen molar-refractivity contribution in [3.63, 3.8) is 0 Å². The molecule has 0 heterocycles. The highest BCUT2D eigenvalue weighted by atomic mass is 16.5. The summed E-state index contributed by atoms with van der Waals surface area (Å²) < 4.78 is 10.4. The molecule has 2 aromatic carbocycles. The standard InChI is InChI=1S/C22H28N4O5/c1-4-20(27)26-17-8-6-16(7-9-17)21(28)23-11-12-24-22(29)25-14-15-5-10-18(30-2)19(13-15)31-3/h5-10,13H,4,11-12,14H2,1-3H3,(H,23,28)(H,26,27)(H2,24,25,29). The summed E-state index contributed by atoms with van der Waals surface area (Å²) in [6.07, 6.45) is 0.386. The molecule has 0 unspecified atom stereocenters. The second-order valence-corrected chi connectivity index (χ2v) is 6.53. The summed E-state index contributed by atoms with van der Waals surface area (Å²) in [5.74, 6) is 0.853. The van der Waals surface area contributed by atoms with Crippen molar-refractivity contribution >= 4 is 23.5 Å². The molecule has 0 aliphatic rings. The van der Waals surface area contributed by atoms with Crippen LogP contribution in [0.4, 0.5) is 10.5 Å². The average Bonchev–Trinajstić information content (AvgIpc) is 2.80. The second-order valence-electron chi connectivity index (χ2n) is 6.53. The van der Waals surface area contributed by atoms with Crippen molar-refractivity contribution in [1.82, 2.24) is 16.0 Å². The minimum Gasteiger partial charge on any atom is -0.493 e. The van der Waals surface area contributed by atoms with Crippen molar-refractivity contribution in [3.8, 4) is 11.5 Å². The Morgan fingerprint density at radius 2 is 1.52 bits per heavy atom. The summed E-state index contributed by atoms with van der Waals surface area (Å²) in [7, 11) is 3.11. The maximum absolute atomic E-state index is 12.2. The first-order valence-electron chi connectivity index (χ1n) is 9.87. The van der Waals surface area contributed by atoms with E-state index in [1.165, 1.54) is 0 Å². The Morgan fingerprint density at radius 1 is 0.839 bits per heavy atom. The third-order valence-electron chi connectivity index (χ3n) is 4.35. The lowest BCUT2D eigenvalue weighted by Gasteiger charge is -2.11. The number of hydrogen-bond donors (Lipinski definition) is 4. The Balaban J connectivity index is 1.69. The minimum absolute atomic E-state index is 0.0901. The number of nitrogens with one attached hydrogen (secondary N) is 4. The van der Waals surface area contributed by atoms with Crippen molar-refractivity contribution in [2.24, 2.45) is 0 Å². The zero-order valence-corrected chi connectivity index (χ0v) is 17.9. The highest BCUT2D eigenvalue weighted by Gasteiger charge is 2.08. The molecular weight excluding hydrogens is 400 g/mol. The maximum atomic E-state index is 12.2. The molecule has 4 N–H and O–H groups in total. The number of carbonyl (C=O) groups excluding carboxylic acids is 3. The van der Waals surface area contributed by atoms with Crippen LogP contribution in [0.25, 0.3) is 0 Å². The molecule has 0 fully saturated rings. The van der Waals surface area contributed by atoms with E-state index >= 15 is 0 Å². The van der Waals surface area contributed by atoms with Gasteiger partial charge in [0.1, 0.15) is 0 Å². The molecule has 31 heavy (non-hydrogen) atoms. The Hall–Kier alpha value is -3.75. The van der Waals surface area contributed by atoms with Crippen LogP contribution in [-0.2, 0) is 11.3 Å². The van der Waals surface area contributed by atoms with Crippen LogP contribution in [0, 0.1) is 0 Å². The van der Waals surface area contributed by atoms with E-state index in [9.17, 15) is 14.4 Å². The van der Waals surface area contributed by atoms with E-state index in [-0.39, 0.29) is 30.9 Å². The molecular formula is C22H28N4O5. The van der Waals surface area contributed by atoms with Gasteiger partial charge in [0, 0.05) is 37.3 Å². The van der Waals surface area contributed by atoms with E-state index in [1.54, 1.807) is 57.5 Å². The van der Waals surface area contributed by atoms with Crippen LogP contribution < -0.4 is 30.7 Å². The smallest absolute Gasteiger partial charge is 0.315 e. The van der Waals surface area contributed by atoms with Gasteiger partial charge >= 0.3 is 6.03 Å². The normalized spacial score (nSPS) is 10.0. The SMILES string of the molecule is CCC(=O)Nc1ccc(C(=O)NCCNC(=O)NCc2ccc(OC)c(OC)c2)cc1. The fourth-order valence-electron chi connectivity index (χ4n) is 2.64. The fourth-order valence-corrected chi connectivity index (χ4v) is 2.64. The number of ether oxygens (including phenoxy) is 2. The molecule has 0 aromatic heterocycles. The zero-order chi connectivity index (χ0) is 22.6. The van der Waals surface area contributed by atoms with Crippen LogP contribution in [0.15, 0.2) is 42.5 Å². The third-order valence-corrected chi connectivity index (χ3v) is 4.35. The third kappa shape index (κ3) is 7.54. The lowest BCUT2D eigenvalue weighted by molar-refractivity contribution is -0.115. The first-order chi connectivity index (χ1) is 15.0. The van der Waals surface area contributed by atoms with Gasteiger partial charge in [-0.1, -0.05) is 13.0 Å². The van der Waals surface area contributed by atoms with E-state index in [4.69, 9.17) is 9.47 Å². The van der Waals surface area contributed by atoms with Crippen LogP contribution >= 0.6 is 0 Å². The van der Waals surface area contributed by atoms with E-state index in [2.05, 4.69) is 21.3 Å². The van der Waals surface area contributed by atoms with Crippen molar-refractivity contribution < 1.29 is 23.9 Å². The van der Waals surface area contributed by atoms with Crippen LogP contribution in [-0.4, -0.2) is 45.2 Å². The average molecular weight is 428 g/mol. The van der Waals surface area contributed by atoms with Gasteiger partial charge in [-0.25, -0.2) is 4.79 Å². The fraction of sp³-hybridized carbons (Fsp3) is 0.318. The van der Waals surface area contributed by atoms with Crippen molar-refractivity contribution in [2.45, 2.75) is 19.9 Å². The molecule has 0 bridgehead atoms. The lowest BCUT2D eigenvalue weighted by atomic mass is 10.2. The molecule has 4 amide bonds. The molecule has 9 nitrogen and oxygen atoms in total. The van der Waals surface area contributed by atoms with Crippen LogP contribution in [0.3, 0.4) is 0 Å². The van der Waals surface area contributed by atoms with Gasteiger partial charge in [0.15, 0.2) is 11.5 Å². The van der Waals surface area contributed by atoms with Crippen molar-refractivity contribution in [1.29, 1.82) is 0 Å². The summed E-state index contributed by atoms with van der Waals surface area (Å²) in [5.41, 5.74) is 1.96. The van der Waals surface area contributed by atoms with E-state index in [1.807, 2.05) is 6.07 Å². The number of benzene rings is 2. The van der Waals surface area contributed by atoms with Crippen LogP contribution in [0.1, 0.15) is 29.3 Å². The Bertz CT molecular complexity index is 899. The highest BCUT2D eigenvalue weighted by molar-refractivity contribution is 5.95. The van der Waals surface area contributed by atoms with E-state index < -0.39 is 0 Å². The van der Waals surface area contributed by atoms with Gasteiger partial charge in [0.2, 0.25) is 5.91 Å². The summed E-state index contributed by atoms with van der Waals surface area (Å²) in [5, 5.41) is 10.9. The van der Waals surface area contributed by atoms with Crippen LogP contribution in [0.2, 0.25) is 0 Å². The predicted octanol–water partition coefficient (Wildman–Crippen LogP) is 2.28. The monoisotopic (exact) mass is 428 g/mol. The molecule has 0 atom stereocenters. The van der Waals surface area contributed by atoms with E-state index in [0.717, 1.165) is 5.56 Å². The van der Waals surface area contributed by atoms with Crippen molar-refractivity contribution in [2.75, 3.05) is 32.6 Å². The molecule has 0 spiro atoms. The van der Waals surface area contributed by atoms with Gasteiger partial charge in [-0.3, -0.25) is 9.59 Å². The van der Waals surface area contributed by atoms with Crippen molar-refractivity contribution in [3.05, 3.63) is 53.6 Å². The van der Waals surface area contributed by atoms with Gasteiger partial charge in [-0.15, -0.1) is 0 Å². The van der Waals surface area contributed by atoms with E-state index in [0.29, 0.717) is 35.7 Å². The Kier molecular flexibility index (Phi) is 9.15. The number of urea groups is 1. The number of carbonyl (C=O) groups is 3. The summed E-state index contributed by atoms with van der Waals surface area (Å²) in [6, 6.07) is 11.6. The minimum atomic E-state index is -0.347. The van der Waals surface area contributed by atoms with Gasteiger partial charge in [0.05, 0.1) is 14.2 Å². The number of amides is 4. The van der Waals surface area contributed by atoms with Gasteiger partial charge in [-0.05, 0) is 42.0 Å². The summed E-state index contributed by atoms with van der Waals surface area (Å²) in [4.78, 5) is 35.5. The molecule has 0 saturated heterocycles.